The number of hydrogen-bond donors (Lipinski definition) is 4. The molecule has 2 amide bonds. The van der Waals surface area contributed by atoms with Crippen molar-refractivity contribution in [3.63, 3.8) is 0 Å². The molecule has 1 aliphatic heterocycles. The Balaban J connectivity index is 1.04. The van der Waals surface area contributed by atoms with Gasteiger partial charge in [-0.25, -0.2) is 4.57 Å². The Kier molecular flexibility index (Phi) is 12.9. The summed E-state index contributed by atoms with van der Waals surface area (Å²) in [6.07, 6.45) is 18.4. The van der Waals surface area contributed by atoms with E-state index in [1.165, 1.54) is 56.3 Å². The Morgan fingerprint density at radius 3 is 2.51 bits per heavy atom. The first kappa shape index (κ1) is 39.0. The van der Waals surface area contributed by atoms with E-state index in [9.17, 15) is 19.3 Å². The van der Waals surface area contributed by atoms with Crippen molar-refractivity contribution in [2.75, 3.05) is 19.7 Å². The molecule has 5 aliphatic rings. The number of phosphoric ester groups is 1. The molecule has 4 N–H and O–H groups in total. The topological polar surface area (TPSA) is 136 Å². The third-order valence-electron chi connectivity index (χ3n) is 14.2. The number of nitrogens with one attached hydrogen (secondary N) is 1. The first-order valence-electron chi connectivity index (χ1n) is 19.8. The molecule has 3 saturated carbocycles. The number of unbranched alkanes of at least 4 members (excludes halogenated alkanes) is 2. The molecular weight excluding hydrogens is 639 g/mol. The summed E-state index contributed by atoms with van der Waals surface area (Å²) in [7, 11) is -4.65. The molecule has 4 aliphatic carbocycles. The Morgan fingerprint density at radius 1 is 1.02 bits per heavy atom. The van der Waals surface area contributed by atoms with Crippen LogP contribution in [-0.2, 0) is 18.7 Å². The average molecular weight is 707 g/mol. The molecule has 10 atom stereocenters. The SMILES string of the molecule is CC(C)CCC[C@@H](C)[C@H]1CCC2C3CC=C4CC(C(=O)NCCCCCC(=O)N5CC(OP(=O)(O)O)C[C@H]5CO)CC[C@]4(C)C3CC[C@@]21C. The van der Waals surface area contributed by atoms with Crippen LogP contribution in [0.5, 0.6) is 0 Å². The molecule has 0 spiro atoms. The second-order valence-electron chi connectivity index (χ2n) is 17.7. The van der Waals surface area contributed by atoms with Crippen LogP contribution in [0.4, 0.5) is 0 Å². The summed E-state index contributed by atoms with van der Waals surface area (Å²) >= 11 is 0. The molecule has 5 unspecified atom stereocenters. The van der Waals surface area contributed by atoms with Gasteiger partial charge < -0.3 is 25.1 Å². The largest absolute Gasteiger partial charge is 0.469 e. The van der Waals surface area contributed by atoms with E-state index < -0.39 is 20.0 Å². The highest BCUT2D eigenvalue weighted by atomic mass is 31.2. The summed E-state index contributed by atoms with van der Waals surface area (Å²) in [5.41, 5.74) is 2.28. The van der Waals surface area contributed by atoms with Gasteiger partial charge in [0.2, 0.25) is 11.8 Å². The van der Waals surface area contributed by atoms with E-state index in [2.05, 4.69) is 46.0 Å². The van der Waals surface area contributed by atoms with Gasteiger partial charge in [-0.05, 0) is 117 Å². The minimum absolute atomic E-state index is 0.0442. The maximum atomic E-state index is 13.3. The highest BCUT2D eigenvalue weighted by molar-refractivity contribution is 7.46. The van der Waals surface area contributed by atoms with Crippen LogP contribution in [0.25, 0.3) is 0 Å². The van der Waals surface area contributed by atoms with Crippen molar-refractivity contribution < 1.29 is 33.6 Å². The number of aliphatic hydroxyl groups excluding tert-OH is 1. The highest BCUT2D eigenvalue weighted by Gasteiger charge is 2.59. The van der Waals surface area contributed by atoms with Crippen molar-refractivity contribution >= 4 is 19.6 Å². The molecule has 49 heavy (non-hydrogen) atoms. The fourth-order valence-electron chi connectivity index (χ4n) is 11.6. The number of likely N-dealkylation sites (tertiary alicyclic amines) is 1. The van der Waals surface area contributed by atoms with Gasteiger partial charge in [0.15, 0.2) is 0 Å². The zero-order chi connectivity index (χ0) is 35.6. The zero-order valence-corrected chi connectivity index (χ0v) is 32.0. The molecule has 5 rings (SSSR count). The lowest BCUT2D eigenvalue weighted by atomic mass is 9.46. The number of nitrogens with zero attached hydrogens (tertiary/aromatic N) is 1. The van der Waals surface area contributed by atoms with E-state index in [4.69, 9.17) is 14.3 Å². The number of carbonyl (C=O) groups is 2. The molecule has 1 saturated heterocycles. The molecule has 0 bridgehead atoms. The Bertz CT molecular complexity index is 1240. The van der Waals surface area contributed by atoms with E-state index in [0.717, 1.165) is 67.6 Å². The maximum Gasteiger partial charge on any atom is 0.469 e. The van der Waals surface area contributed by atoms with E-state index in [-0.39, 0.29) is 42.7 Å². The van der Waals surface area contributed by atoms with E-state index in [1.807, 2.05) is 0 Å². The van der Waals surface area contributed by atoms with E-state index in [1.54, 1.807) is 5.57 Å². The molecule has 4 fully saturated rings. The summed E-state index contributed by atoms with van der Waals surface area (Å²) in [4.78, 5) is 45.7. The molecule has 1 heterocycles. The quantitative estimate of drug-likeness (QED) is 0.0792. The average Bonchev–Trinajstić information content (AvgIpc) is 3.61. The number of carbonyl (C=O) groups excluding carboxylic acids is 2. The molecule has 0 radical (unpaired) electrons. The number of allylic oxidation sites excluding steroid dienone is 2. The van der Waals surface area contributed by atoms with Gasteiger partial charge in [-0.15, -0.1) is 0 Å². The summed E-state index contributed by atoms with van der Waals surface area (Å²) in [5, 5.41) is 12.8. The molecule has 0 aromatic carbocycles. The lowest BCUT2D eigenvalue weighted by Crippen LogP contribution is -2.51. The number of fused-ring (bicyclic) bond motifs is 5. The van der Waals surface area contributed by atoms with Gasteiger partial charge in [-0.1, -0.05) is 72.0 Å². The first-order valence-corrected chi connectivity index (χ1v) is 21.3. The van der Waals surface area contributed by atoms with Gasteiger partial charge in [0.1, 0.15) is 0 Å². The third kappa shape index (κ3) is 8.87. The molecule has 0 aromatic heterocycles. The predicted octanol–water partition coefficient (Wildman–Crippen LogP) is 7.39. The van der Waals surface area contributed by atoms with Crippen LogP contribution in [0.2, 0.25) is 0 Å². The van der Waals surface area contributed by atoms with Crippen molar-refractivity contribution in [2.45, 2.75) is 149 Å². The van der Waals surface area contributed by atoms with Gasteiger partial charge in [0.05, 0.1) is 18.8 Å². The number of hydrogen-bond acceptors (Lipinski definition) is 5. The van der Waals surface area contributed by atoms with E-state index >= 15 is 0 Å². The summed E-state index contributed by atoms with van der Waals surface area (Å²) in [6, 6.07) is -0.489. The van der Waals surface area contributed by atoms with Crippen LogP contribution in [-0.4, -0.2) is 63.4 Å². The Morgan fingerprint density at radius 2 is 1.80 bits per heavy atom. The Labute approximate surface area is 296 Å². The summed E-state index contributed by atoms with van der Waals surface area (Å²) < 4.78 is 15.9. The van der Waals surface area contributed by atoms with Crippen molar-refractivity contribution in [1.82, 2.24) is 10.2 Å². The molecule has 9 nitrogen and oxygen atoms in total. The minimum atomic E-state index is -4.65. The van der Waals surface area contributed by atoms with Crippen molar-refractivity contribution in [2.24, 2.45) is 52.3 Å². The second kappa shape index (κ2) is 16.2. The monoisotopic (exact) mass is 706 g/mol. The summed E-state index contributed by atoms with van der Waals surface area (Å²) in [5.74, 6) is 4.97. The van der Waals surface area contributed by atoms with Gasteiger partial charge >= 0.3 is 7.82 Å². The van der Waals surface area contributed by atoms with E-state index in [0.29, 0.717) is 24.8 Å². The molecule has 10 heteroatoms. The third-order valence-corrected chi connectivity index (χ3v) is 14.8. The van der Waals surface area contributed by atoms with Crippen LogP contribution >= 0.6 is 7.82 Å². The molecule has 280 valence electrons. The Hall–Kier alpha value is -1.25. The number of rotatable bonds is 15. The molecule has 0 aromatic rings. The maximum absolute atomic E-state index is 13.3. The van der Waals surface area contributed by atoms with Crippen LogP contribution in [0.1, 0.15) is 137 Å². The van der Waals surface area contributed by atoms with Gasteiger partial charge in [-0.2, -0.15) is 0 Å². The fraction of sp³-hybridized carbons (Fsp3) is 0.897. The van der Waals surface area contributed by atoms with Crippen molar-refractivity contribution in [1.29, 1.82) is 0 Å². The normalized spacial score (nSPS) is 36.6. The number of aliphatic hydroxyl groups is 1. The van der Waals surface area contributed by atoms with Crippen molar-refractivity contribution in [3.05, 3.63) is 11.6 Å². The van der Waals surface area contributed by atoms with Gasteiger partial charge in [-0.3, -0.25) is 14.1 Å². The summed E-state index contributed by atoms with van der Waals surface area (Å²) in [6.45, 7) is 12.8. The number of phosphoric acid groups is 1. The van der Waals surface area contributed by atoms with Gasteiger partial charge in [0.25, 0.3) is 0 Å². The van der Waals surface area contributed by atoms with Crippen LogP contribution in [0.3, 0.4) is 0 Å². The molecular formula is C39H67N2O7P. The smallest absolute Gasteiger partial charge is 0.394 e. The second-order valence-corrected chi connectivity index (χ2v) is 18.9. The van der Waals surface area contributed by atoms with Gasteiger partial charge in [0, 0.05) is 25.4 Å². The highest BCUT2D eigenvalue weighted by Crippen LogP contribution is 2.67. The van der Waals surface area contributed by atoms with Crippen LogP contribution in [0, 0.1) is 52.3 Å². The fourth-order valence-corrected chi connectivity index (χ4v) is 12.2. The lowest BCUT2D eigenvalue weighted by Gasteiger charge is -2.58. The van der Waals surface area contributed by atoms with Crippen LogP contribution in [0.15, 0.2) is 11.6 Å². The minimum Gasteiger partial charge on any atom is -0.394 e. The van der Waals surface area contributed by atoms with Crippen molar-refractivity contribution in [3.8, 4) is 0 Å². The lowest BCUT2D eigenvalue weighted by molar-refractivity contribution is -0.133. The van der Waals surface area contributed by atoms with Crippen LogP contribution < -0.4 is 5.32 Å². The zero-order valence-electron chi connectivity index (χ0n) is 31.1. The standard InChI is InChI=1S/C39H67N2O7P/c1-26(2)10-9-11-27(3)33-15-16-34-32-14-13-29-22-28(17-19-38(29,4)35(32)18-20-39(33,34)5)37(44)40-21-8-6-7-12-36(43)41-24-31(23-30(41)25-42)48-49(45,46)47/h13,26-28,30-35,42H,6-12,14-25H2,1-5H3,(H,40,44)(H2,45,46,47)/t27-,28?,30+,31?,32?,33-,34?,35?,38+,39-/m1/s1. The predicted molar refractivity (Wildman–Crippen MR) is 192 cm³/mol. The number of amides is 2. The first-order chi connectivity index (χ1) is 23.2.